The number of amides is 2. The third-order valence-electron chi connectivity index (χ3n) is 4.64. The van der Waals surface area contributed by atoms with Gasteiger partial charge in [0.1, 0.15) is 13.2 Å². The first-order valence-electron chi connectivity index (χ1n) is 8.72. The molecule has 0 aromatic heterocycles. The van der Waals surface area contributed by atoms with Gasteiger partial charge in [-0.2, -0.15) is 0 Å². The molecule has 6 nitrogen and oxygen atoms in total. The molecule has 134 valence electrons. The van der Waals surface area contributed by atoms with Crippen molar-refractivity contribution in [1.29, 1.82) is 0 Å². The molecule has 1 unspecified atom stereocenters. The van der Waals surface area contributed by atoms with E-state index in [1.807, 2.05) is 36.4 Å². The Bertz CT molecular complexity index is 822. The summed E-state index contributed by atoms with van der Waals surface area (Å²) in [6.45, 7) is 1.86. The minimum Gasteiger partial charge on any atom is -0.486 e. The lowest BCUT2D eigenvalue weighted by Gasteiger charge is -2.22. The molecule has 0 bridgehead atoms. The van der Waals surface area contributed by atoms with Gasteiger partial charge in [-0.25, -0.2) is 0 Å². The Labute approximate surface area is 151 Å². The SMILES string of the molecule is O=C(NCc1ccccc1)C1CC(=O)N(c2ccc3c(c2)OCCO3)C1. The summed E-state index contributed by atoms with van der Waals surface area (Å²) < 4.78 is 11.1. The number of nitrogens with zero attached hydrogens (tertiary/aromatic N) is 1. The third kappa shape index (κ3) is 3.35. The maximum absolute atomic E-state index is 12.4. The average molecular weight is 352 g/mol. The predicted molar refractivity (Wildman–Crippen MR) is 96.2 cm³/mol. The average Bonchev–Trinajstić information content (AvgIpc) is 3.08. The van der Waals surface area contributed by atoms with Crippen LogP contribution in [0.1, 0.15) is 12.0 Å². The summed E-state index contributed by atoms with van der Waals surface area (Å²) in [5.74, 6) is 0.825. The van der Waals surface area contributed by atoms with Crippen molar-refractivity contribution in [2.24, 2.45) is 5.92 Å². The molecule has 2 aliphatic rings. The minimum atomic E-state index is -0.348. The van der Waals surface area contributed by atoms with Gasteiger partial charge >= 0.3 is 0 Å². The number of ether oxygens (including phenoxy) is 2. The molecular formula is C20H20N2O4. The molecule has 0 radical (unpaired) electrons. The number of nitrogens with one attached hydrogen (secondary N) is 1. The fourth-order valence-electron chi connectivity index (χ4n) is 3.26. The van der Waals surface area contributed by atoms with Gasteiger partial charge in [-0.3, -0.25) is 9.59 Å². The number of carbonyl (C=O) groups is 2. The summed E-state index contributed by atoms with van der Waals surface area (Å²) in [6.07, 6.45) is 0.217. The Morgan fingerprint density at radius 3 is 2.65 bits per heavy atom. The van der Waals surface area contributed by atoms with E-state index in [1.165, 1.54) is 0 Å². The van der Waals surface area contributed by atoms with E-state index >= 15 is 0 Å². The number of fused-ring (bicyclic) bond motifs is 1. The van der Waals surface area contributed by atoms with Gasteiger partial charge in [0, 0.05) is 31.3 Å². The highest BCUT2D eigenvalue weighted by atomic mass is 16.6. The third-order valence-corrected chi connectivity index (χ3v) is 4.64. The van der Waals surface area contributed by atoms with Crippen LogP contribution < -0.4 is 19.7 Å². The number of hydrogen-bond acceptors (Lipinski definition) is 4. The normalized spacial score (nSPS) is 18.7. The lowest BCUT2D eigenvalue weighted by Crippen LogP contribution is -2.32. The second-order valence-corrected chi connectivity index (χ2v) is 6.44. The van der Waals surface area contributed by atoms with Gasteiger partial charge in [0.2, 0.25) is 11.8 Å². The van der Waals surface area contributed by atoms with E-state index in [9.17, 15) is 9.59 Å². The van der Waals surface area contributed by atoms with Crippen LogP contribution in [-0.4, -0.2) is 31.6 Å². The summed E-state index contributed by atoms with van der Waals surface area (Å²) in [7, 11) is 0. The Morgan fingerprint density at radius 2 is 1.85 bits per heavy atom. The van der Waals surface area contributed by atoms with Crippen LogP contribution in [0, 0.1) is 5.92 Å². The lowest BCUT2D eigenvalue weighted by atomic mass is 10.1. The summed E-state index contributed by atoms with van der Waals surface area (Å²) in [6, 6.07) is 15.2. The standard InChI is InChI=1S/C20H20N2O4/c23-19-10-15(20(24)21-12-14-4-2-1-3-5-14)13-22(19)16-6-7-17-18(11-16)26-9-8-25-17/h1-7,11,15H,8-10,12-13H2,(H,21,24). The Morgan fingerprint density at radius 1 is 1.08 bits per heavy atom. The van der Waals surface area contributed by atoms with Gasteiger partial charge in [-0.05, 0) is 17.7 Å². The molecule has 2 aliphatic heterocycles. The molecule has 2 aromatic rings. The molecule has 1 atom stereocenters. The van der Waals surface area contributed by atoms with E-state index in [-0.39, 0.29) is 24.2 Å². The van der Waals surface area contributed by atoms with Crippen molar-refractivity contribution in [3.05, 3.63) is 54.1 Å². The Kier molecular flexibility index (Phi) is 4.48. The van der Waals surface area contributed by atoms with Crippen LogP contribution in [0.5, 0.6) is 11.5 Å². The highest BCUT2D eigenvalue weighted by molar-refractivity contribution is 6.00. The zero-order valence-electron chi connectivity index (χ0n) is 14.3. The monoisotopic (exact) mass is 352 g/mol. The van der Waals surface area contributed by atoms with Crippen molar-refractivity contribution < 1.29 is 19.1 Å². The zero-order chi connectivity index (χ0) is 17.9. The molecule has 1 saturated heterocycles. The molecule has 1 N–H and O–H groups in total. The number of carbonyl (C=O) groups excluding carboxylic acids is 2. The summed E-state index contributed by atoms with van der Waals surface area (Å²) in [4.78, 5) is 26.5. The van der Waals surface area contributed by atoms with Gasteiger partial charge in [0.15, 0.2) is 11.5 Å². The van der Waals surface area contributed by atoms with Gasteiger partial charge in [-0.1, -0.05) is 30.3 Å². The minimum absolute atomic E-state index is 0.0541. The van der Waals surface area contributed by atoms with Crippen molar-refractivity contribution in [1.82, 2.24) is 5.32 Å². The first-order chi connectivity index (χ1) is 12.7. The maximum Gasteiger partial charge on any atom is 0.227 e. The van der Waals surface area contributed by atoms with E-state index in [0.29, 0.717) is 37.8 Å². The van der Waals surface area contributed by atoms with Crippen LogP contribution in [0.4, 0.5) is 5.69 Å². The molecule has 0 aliphatic carbocycles. The van der Waals surface area contributed by atoms with Crippen LogP contribution in [0.25, 0.3) is 0 Å². The summed E-state index contributed by atoms with van der Waals surface area (Å²) in [5, 5.41) is 2.92. The molecular weight excluding hydrogens is 332 g/mol. The van der Waals surface area contributed by atoms with Crippen molar-refractivity contribution in [2.45, 2.75) is 13.0 Å². The van der Waals surface area contributed by atoms with E-state index in [4.69, 9.17) is 9.47 Å². The number of rotatable bonds is 4. The highest BCUT2D eigenvalue weighted by Crippen LogP contribution is 2.35. The fourth-order valence-corrected chi connectivity index (χ4v) is 3.26. The molecule has 2 amide bonds. The lowest BCUT2D eigenvalue weighted by molar-refractivity contribution is -0.126. The van der Waals surface area contributed by atoms with Gasteiger partial charge in [0.05, 0.1) is 5.92 Å². The van der Waals surface area contributed by atoms with E-state index in [0.717, 1.165) is 11.3 Å². The molecule has 4 rings (SSSR count). The van der Waals surface area contributed by atoms with E-state index in [2.05, 4.69) is 5.32 Å². The second-order valence-electron chi connectivity index (χ2n) is 6.44. The predicted octanol–water partition coefficient (Wildman–Crippen LogP) is 2.13. The van der Waals surface area contributed by atoms with Crippen LogP contribution in [0.2, 0.25) is 0 Å². The number of benzene rings is 2. The quantitative estimate of drug-likeness (QED) is 0.915. The molecule has 26 heavy (non-hydrogen) atoms. The van der Waals surface area contributed by atoms with Crippen LogP contribution in [-0.2, 0) is 16.1 Å². The van der Waals surface area contributed by atoms with E-state index in [1.54, 1.807) is 17.0 Å². The van der Waals surface area contributed by atoms with Crippen molar-refractivity contribution >= 4 is 17.5 Å². The summed E-state index contributed by atoms with van der Waals surface area (Å²) >= 11 is 0. The van der Waals surface area contributed by atoms with Crippen LogP contribution >= 0.6 is 0 Å². The van der Waals surface area contributed by atoms with Gasteiger partial charge in [-0.15, -0.1) is 0 Å². The van der Waals surface area contributed by atoms with Crippen LogP contribution in [0.3, 0.4) is 0 Å². The van der Waals surface area contributed by atoms with Crippen molar-refractivity contribution in [3.63, 3.8) is 0 Å². The highest BCUT2D eigenvalue weighted by Gasteiger charge is 2.35. The summed E-state index contributed by atoms with van der Waals surface area (Å²) in [5.41, 5.74) is 1.77. The van der Waals surface area contributed by atoms with Gasteiger partial charge < -0.3 is 19.7 Å². The smallest absolute Gasteiger partial charge is 0.227 e. The Hall–Kier alpha value is -3.02. The number of anilines is 1. The molecule has 2 aromatic carbocycles. The first kappa shape index (κ1) is 16.4. The van der Waals surface area contributed by atoms with E-state index < -0.39 is 0 Å². The molecule has 0 spiro atoms. The van der Waals surface area contributed by atoms with Gasteiger partial charge in [0.25, 0.3) is 0 Å². The number of hydrogen-bond donors (Lipinski definition) is 1. The Balaban J connectivity index is 1.41. The first-order valence-corrected chi connectivity index (χ1v) is 8.72. The maximum atomic E-state index is 12.4. The molecule has 6 heteroatoms. The topological polar surface area (TPSA) is 67.9 Å². The van der Waals surface area contributed by atoms with Crippen molar-refractivity contribution in [3.8, 4) is 11.5 Å². The van der Waals surface area contributed by atoms with Crippen LogP contribution in [0.15, 0.2) is 48.5 Å². The molecule has 0 saturated carbocycles. The largest absolute Gasteiger partial charge is 0.486 e. The van der Waals surface area contributed by atoms with Crippen molar-refractivity contribution in [2.75, 3.05) is 24.7 Å². The second kappa shape index (κ2) is 7.07. The zero-order valence-corrected chi connectivity index (χ0v) is 14.3. The molecule has 2 heterocycles. The molecule has 1 fully saturated rings. The fraction of sp³-hybridized carbons (Fsp3) is 0.300.